The molecule has 0 unspecified atom stereocenters. The van der Waals surface area contributed by atoms with Gasteiger partial charge in [-0.15, -0.1) is 0 Å². The Labute approximate surface area is 212 Å². The zero-order chi connectivity index (χ0) is 25.1. The number of hydrogen-bond donors (Lipinski definition) is 0. The third kappa shape index (κ3) is 2.60. The molecule has 36 heavy (non-hydrogen) atoms. The van der Waals surface area contributed by atoms with E-state index in [9.17, 15) is 0 Å². The van der Waals surface area contributed by atoms with Crippen molar-refractivity contribution in [2.75, 3.05) is 0 Å². The Balaban J connectivity index is 1.95. The molecule has 7 aromatic rings. The van der Waals surface area contributed by atoms with E-state index in [2.05, 4.69) is 124 Å². The van der Waals surface area contributed by atoms with E-state index in [0.717, 1.165) is 0 Å². The van der Waals surface area contributed by atoms with Crippen LogP contribution in [-0.4, -0.2) is 4.40 Å². The Kier molecular flexibility index (Phi) is 4.19. The van der Waals surface area contributed by atoms with Gasteiger partial charge >= 0.3 is 0 Å². The fraction of sp³-hybridized carbons (Fsp3) is 0.265. The molecular formula is C34H33N2+. The Hall–Kier alpha value is -3.65. The predicted octanol–water partition coefficient (Wildman–Crippen LogP) is 8.70. The Morgan fingerprint density at radius 1 is 0.778 bits per heavy atom. The summed E-state index contributed by atoms with van der Waals surface area (Å²) in [6.07, 6.45) is 2.23. The SMILES string of the molecule is Cc1c2ccccc2c(C(C)(C)C)c2c1c1c3c(ccc4c5cc(C(C)C)ccc5n2c43)cc[n+]1C. The first-order valence-corrected chi connectivity index (χ1v) is 13.1. The number of aryl methyl sites for hydroxylation is 2. The van der Waals surface area contributed by atoms with Crippen molar-refractivity contribution in [3.63, 3.8) is 0 Å². The first-order chi connectivity index (χ1) is 17.2. The molecule has 0 atom stereocenters. The normalized spacial score (nSPS) is 13.1. The molecule has 7 rings (SSSR count). The highest BCUT2D eigenvalue weighted by atomic mass is 15.0. The lowest BCUT2D eigenvalue weighted by Gasteiger charge is -2.26. The lowest BCUT2D eigenvalue weighted by atomic mass is 9.80. The molecule has 0 radical (unpaired) electrons. The number of hydrogen-bond acceptors (Lipinski definition) is 0. The Bertz CT molecular complexity index is 2010. The van der Waals surface area contributed by atoms with Gasteiger partial charge in [-0.05, 0) is 63.2 Å². The highest BCUT2D eigenvalue weighted by molar-refractivity contribution is 6.29. The van der Waals surface area contributed by atoms with Crippen molar-refractivity contribution in [1.82, 2.24) is 4.40 Å². The molecular weight excluding hydrogens is 436 g/mol. The molecule has 2 nitrogen and oxygen atoms in total. The number of pyridine rings is 2. The Morgan fingerprint density at radius 2 is 1.53 bits per heavy atom. The standard InChI is InChI=1S/C34H33N2/c1-19(2)22-13-15-27-26(18-22)25-14-12-21-16-17-35(7)32-28-20(3)23-10-8-9-11-24(23)30(34(4,5)6)33(28)36(27)31(25)29(21)32/h8-19H,1-7H3/q+1. The van der Waals surface area contributed by atoms with Crippen LogP contribution in [0.5, 0.6) is 0 Å². The third-order valence-electron chi connectivity index (χ3n) is 8.38. The quantitative estimate of drug-likeness (QED) is 0.129. The fourth-order valence-electron chi connectivity index (χ4n) is 6.73. The van der Waals surface area contributed by atoms with Gasteiger partial charge in [0.25, 0.3) is 0 Å². The maximum atomic E-state index is 2.61. The lowest BCUT2D eigenvalue weighted by Crippen LogP contribution is -2.29. The van der Waals surface area contributed by atoms with Gasteiger partial charge in [0.15, 0.2) is 6.20 Å². The van der Waals surface area contributed by atoms with Gasteiger partial charge in [0.2, 0.25) is 5.52 Å². The van der Waals surface area contributed by atoms with E-state index < -0.39 is 0 Å². The van der Waals surface area contributed by atoms with Gasteiger partial charge in [-0.3, -0.25) is 0 Å². The second-order valence-corrected chi connectivity index (χ2v) is 12.0. The maximum absolute atomic E-state index is 2.61. The van der Waals surface area contributed by atoms with E-state index >= 15 is 0 Å². The highest BCUT2D eigenvalue weighted by Crippen LogP contribution is 2.46. The van der Waals surface area contributed by atoms with Crippen molar-refractivity contribution >= 4 is 59.8 Å². The van der Waals surface area contributed by atoms with Crippen LogP contribution in [-0.2, 0) is 12.5 Å². The fourth-order valence-corrected chi connectivity index (χ4v) is 6.73. The number of aromatic nitrogens is 2. The number of benzene rings is 4. The summed E-state index contributed by atoms with van der Waals surface area (Å²) in [4.78, 5) is 0. The van der Waals surface area contributed by atoms with Gasteiger partial charge in [-0.1, -0.05) is 77.1 Å². The van der Waals surface area contributed by atoms with Gasteiger partial charge < -0.3 is 4.40 Å². The lowest BCUT2D eigenvalue weighted by molar-refractivity contribution is -0.643. The van der Waals surface area contributed by atoms with Crippen LogP contribution in [0.2, 0.25) is 0 Å². The van der Waals surface area contributed by atoms with Crippen molar-refractivity contribution in [3.8, 4) is 0 Å². The average Bonchev–Trinajstić information content (AvgIpc) is 3.18. The topological polar surface area (TPSA) is 8.29 Å². The molecule has 0 N–H and O–H groups in total. The molecule has 0 fully saturated rings. The van der Waals surface area contributed by atoms with Crippen molar-refractivity contribution in [3.05, 3.63) is 83.6 Å². The van der Waals surface area contributed by atoms with Crippen molar-refractivity contribution in [2.45, 2.75) is 52.9 Å². The summed E-state index contributed by atoms with van der Waals surface area (Å²) in [5.74, 6) is 0.496. The summed E-state index contributed by atoms with van der Waals surface area (Å²) in [7, 11) is 2.21. The van der Waals surface area contributed by atoms with Gasteiger partial charge in [0.1, 0.15) is 7.05 Å². The van der Waals surface area contributed by atoms with Crippen LogP contribution in [0.4, 0.5) is 0 Å². The van der Waals surface area contributed by atoms with Crippen molar-refractivity contribution in [2.24, 2.45) is 7.05 Å². The largest absolute Gasteiger partial charge is 0.307 e. The van der Waals surface area contributed by atoms with Gasteiger partial charge in [-0.2, -0.15) is 0 Å². The maximum Gasteiger partial charge on any atom is 0.224 e. The molecule has 4 aromatic carbocycles. The molecule has 178 valence electrons. The molecule has 3 aromatic heterocycles. The van der Waals surface area contributed by atoms with Crippen molar-refractivity contribution in [1.29, 1.82) is 0 Å². The second kappa shape index (κ2) is 6.97. The van der Waals surface area contributed by atoms with Crippen LogP contribution in [0.1, 0.15) is 57.2 Å². The molecule has 0 aliphatic heterocycles. The molecule has 0 amide bonds. The minimum absolute atomic E-state index is 0.0308. The highest BCUT2D eigenvalue weighted by Gasteiger charge is 2.30. The summed E-state index contributed by atoms with van der Waals surface area (Å²) < 4.78 is 4.95. The minimum atomic E-state index is -0.0308. The monoisotopic (exact) mass is 469 g/mol. The third-order valence-corrected chi connectivity index (χ3v) is 8.38. The minimum Gasteiger partial charge on any atom is -0.307 e. The summed E-state index contributed by atoms with van der Waals surface area (Å²) >= 11 is 0. The van der Waals surface area contributed by atoms with E-state index in [4.69, 9.17) is 0 Å². The van der Waals surface area contributed by atoms with Crippen LogP contribution in [0.3, 0.4) is 0 Å². The summed E-state index contributed by atoms with van der Waals surface area (Å²) in [5.41, 5.74) is 9.50. The van der Waals surface area contributed by atoms with E-state index in [1.165, 1.54) is 76.5 Å². The van der Waals surface area contributed by atoms with Crippen LogP contribution in [0.15, 0.2) is 66.9 Å². The van der Waals surface area contributed by atoms with E-state index in [-0.39, 0.29) is 5.41 Å². The molecule has 2 heteroatoms. The smallest absolute Gasteiger partial charge is 0.224 e. The molecule has 0 aliphatic carbocycles. The van der Waals surface area contributed by atoms with Crippen LogP contribution >= 0.6 is 0 Å². The summed E-state index contributed by atoms with van der Waals surface area (Å²) in [6.45, 7) is 14.0. The zero-order valence-electron chi connectivity index (χ0n) is 22.3. The van der Waals surface area contributed by atoms with Gasteiger partial charge in [0.05, 0.1) is 27.3 Å². The predicted molar refractivity (Wildman–Crippen MR) is 155 cm³/mol. The van der Waals surface area contributed by atoms with E-state index in [0.29, 0.717) is 5.92 Å². The zero-order valence-corrected chi connectivity index (χ0v) is 22.3. The summed E-state index contributed by atoms with van der Waals surface area (Å²) in [5, 5.41) is 9.47. The first kappa shape index (κ1) is 21.6. The Morgan fingerprint density at radius 3 is 2.25 bits per heavy atom. The second-order valence-electron chi connectivity index (χ2n) is 12.0. The average molecular weight is 470 g/mol. The van der Waals surface area contributed by atoms with Crippen molar-refractivity contribution < 1.29 is 4.57 Å². The van der Waals surface area contributed by atoms with Gasteiger partial charge in [0, 0.05) is 16.8 Å². The van der Waals surface area contributed by atoms with E-state index in [1.807, 2.05) is 0 Å². The summed E-state index contributed by atoms with van der Waals surface area (Å²) in [6, 6.07) is 23.1. The molecule has 0 aliphatic rings. The van der Waals surface area contributed by atoms with Crippen LogP contribution in [0.25, 0.3) is 59.8 Å². The molecule has 3 heterocycles. The van der Waals surface area contributed by atoms with Crippen LogP contribution < -0.4 is 4.57 Å². The molecule has 0 bridgehead atoms. The van der Waals surface area contributed by atoms with Gasteiger partial charge in [-0.25, -0.2) is 4.57 Å². The number of fused-ring (bicyclic) bond motifs is 7. The first-order valence-electron chi connectivity index (χ1n) is 13.1. The number of nitrogens with zero attached hydrogens (tertiary/aromatic N) is 2. The van der Waals surface area contributed by atoms with E-state index in [1.54, 1.807) is 0 Å². The molecule has 0 spiro atoms. The molecule has 0 saturated carbocycles. The van der Waals surface area contributed by atoms with Crippen LogP contribution in [0, 0.1) is 6.92 Å². The molecule has 0 saturated heterocycles. The number of rotatable bonds is 1.